The lowest BCUT2D eigenvalue weighted by Crippen LogP contribution is -2.50. The molecule has 1 atom stereocenters. The number of hydrogen-bond acceptors (Lipinski definition) is 4. The zero-order valence-corrected chi connectivity index (χ0v) is 16.8. The van der Waals surface area contributed by atoms with E-state index in [1.54, 1.807) is 30.9 Å². The number of nitrogens with zero attached hydrogens (tertiary/aromatic N) is 3. The van der Waals surface area contributed by atoms with E-state index in [1.165, 1.54) is 25.3 Å². The number of likely N-dealkylation sites (tertiary alicyclic amines) is 1. The Morgan fingerprint density at radius 3 is 2.43 bits per heavy atom. The number of aliphatic imine (C=N–C) groups is 1. The van der Waals surface area contributed by atoms with Crippen LogP contribution in [0.3, 0.4) is 0 Å². The quantitative estimate of drug-likeness (QED) is 0.587. The van der Waals surface area contributed by atoms with E-state index in [0.29, 0.717) is 19.0 Å². The van der Waals surface area contributed by atoms with Crippen molar-refractivity contribution in [3.63, 3.8) is 0 Å². The number of carbonyl (C=O) groups excluding carboxylic acids is 1. The van der Waals surface area contributed by atoms with Gasteiger partial charge in [-0.2, -0.15) is 0 Å². The number of guanidine groups is 1. The van der Waals surface area contributed by atoms with Gasteiger partial charge in [-0.3, -0.25) is 4.99 Å². The number of likely N-dealkylation sites (N-methyl/N-ethyl adjacent to an activating group) is 1. The van der Waals surface area contributed by atoms with Crippen molar-refractivity contribution in [3.05, 3.63) is 35.4 Å². The highest BCUT2D eigenvalue weighted by Gasteiger charge is 2.25. The lowest BCUT2D eigenvalue weighted by molar-refractivity contribution is 0.111. The van der Waals surface area contributed by atoms with Crippen LogP contribution in [0.15, 0.2) is 23.2 Å². The fraction of sp³-hybridized carbons (Fsp3) is 0.579. The minimum Gasteiger partial charge on any atom is -0.453 e. The topological polar surface area (TPSA) is 69.2 Å². The molecular weight excluding hydrogens is 368 g/mol. The Labute approximate surface area is 164 Å². The van der Waals surface area contributed by atoms with Crippen LogP contribution in [-0.2, 0) is 4.74 Å². The van der Waals surface area contributed by atoms with Gasteiger partial charge in [-0.1, -0.05) is 6.07 Å². The van der Waals surface area contributed by atoms with Gasteiger partial charge in [-0.15, -0.1) is 0 Å². The highest BCUT2D eigenvalue weighted by Crippen LogP contribution is 2.23. The van der Waals surface area contributed by atoms with Gasteiger partial charge >= 0.3 is 6.09 Å². The molecule has 1 aliphatic heterocycles. The first-order valence-electron chi connectivity index (χ1n) is 9.27. The van der Waals surface area contributed by atoms with Crippen LogP contribution in [0.4, 0.5) is 13.6 Å². The second-order valence-electron chi connectivity index (χ2n) is 6.94. The van der Waals surface area contributed by atoms with Crippen LogP contribution in [0.5, 0.6) is 0 Å². The first-order valence-corrected chi connectivity index (χ1v) is 9.27. The molecule has 1 amide bonds. The molecule has 1 heterocycles. The van der Waals surface area contributed by atoms with E-state index in [1.807, 2.05) is 0 Å². The van der Waals surface area contributed by atoms with Gasteiger partial charge in [0.15, 0.2) is 5.96 Å². The number of nitrogens with one attached hydrogen (secondary N) is 2. The summed E-state index contributed by atoms with van der Waals surface area (Å²) in [5.41, 5.74) is 0.0295. The van der Waals surface area contributed by atoms with Gasteiger partial charge in [0.1, 0.15) is 11.6 Å². The summed E-state index contributed by atoms with van der Waals surface area (Å²) in [5, 5.41) is 6.47. The average Bonchev–Trinajstić information content (AvgIpc) is 2.68. The van der Waals surface area contributed by atoms with Crippen molar-refractivity contribution in [2.45, 2.75) is 24.9 Å². The summed E-state index contributed by atoms with van der Waals surface area (Å²) in [6.07, 6.45) is 1.20. The van der Waals surface area contributed by atoms with Gasteiger partial charge in [0.25, 0.3) is 0 Å². The Balaban J connectivity index is 1.94. The molecule has 2 N–H and O–H groups in total. The van der Waals surface area contributed by atoms with Gasteiger partial charge in [0.05, 0.1) is 13.2 Å². The average molecular weight is 397 g/mol. The van der Waals surface area contributed by atoms with E-state index in [9.17, 15) is 13.6 Å². The smallest absolute Gasteiger partial charge is 0.409 e. The number of ether oxygens (including phenoxy) is 1. The largest absolute Gasteiger partial charge is 0.453 e. The maximum atomic E-state index is 14.2. The molecule has 0 radical (unpaired) electrons. The molecule has 1 aliphatic rings. The minimum atomic E-state index is -0.571. The Morgan fingerprint density at radius 2 is 1.93 bits per heavy atom. The number of carbonyl (C=O) groups is 1. The number of amides is 1. The van der Waals surface area contributed by atoms with Crippen LogP contribution in [0.2, 0.25) is 0 Å². The lowest BCUT2D eigenvalue weighted by Gasteiger charge is -2.32. The van der Waals surface area contributed by atoms with Crippen molar-refractivity contribution < 1.29 is 18.3 Å². The monoisotopic (exact) mass is 397 g/mol. The molecule has 0 aliphatic carbocycles. The highest BCUT2D eigenvalue weighted by atomic mass is 19.1. The maximum absolute atomic E-state index is 14.2. The first kappa shape index (κ1) is 21.9. The summed E-state index contributed by atoms with van der Waals surface area (Å²) in [6.45, 7) is 1.48. The molecule has 1 saturated heterocycles. The zero-order valence-electron chi connectivity index (χ0n) is 16.8. The predicted molar refractivity (Wildman–Crippen MR) is 104 cm³/mol. The Kier molecular flexibility index (Phi) is 7.98. The van der Waals surface area contributed by atoms with Crippen molar-refractivity contribution in [2.24, 2.45) is 4.99 Å². The molecule has 1 unspecified atom stereocenters. The molecule has 0 aromatic heterocycles. The van der Waals surface area contributed by atoms with Crippen molar-refractivity contribution in [1.82, 2.24) is 20.4 Å². The maximum Gasteiger partial charge on any atom is 0.409 e. The summed E-state index contributed by atoms with van der Waals surface area (Å²) in [4.78, 5) is 19.2. The van der Waals surface area contributed by atoms with Crippen molar-refractivity contribution >= 4 is 12.1 Å². The highest BCUT2D eigenvalue weighted by molar-refractivity contribution is 5.80. The number of methoxy groups -OCH3 is 1. The first-order chi connectivity index (χ1) is 13.4. The summed E-state index contributed by atoms with van der Waals surface area (Å²) >= 11 is 0. The van der Waals surface area contributed by atoms with Crippen LogP contribution in [0.1, 0.15) is 24.4 Å². The third kappa shape index (κ3) is 5.54. The van der Waals surface area contributed by atoms with Gasteiger partial charge in [-0.25, -0.2) is 13.6 Å². The van der Waals surface area contributed by atoms with E-state index >= 15 is 0 Å². The summed E-state index contributed by atoms with van der Waals surface area (Å²) in [7, 11) is 6.57. The van der Waals surface area contributed by atoms with Crippen LogP contribution in [-0.4, -0.2) is 75.8 Å². The zero-order chi connectivity index (χ0) is 20.7. The molecule has 0 saturated carbocycles. The third-order valence-corrected chi connectivity index (χ3v) is 4.91. The summed E-state index contributed by atoms with van der Waals surface area (Å²) in [5.74, 6) is -0.586. The molecule has 1 fully saturated rings. The van der Waals surface area contributed by atoms with E-state index in [2.05, 4.69) is 15.6 Å². The van der Waals surface area contributed by atoms with E-state index in [-0.39, 0.29) is 24.2 Å². The fourth-order valence-corrected chi connectivity index (χ4v) is 3.29. The van der Waals surface area contributed by atoms with Gasteiger partial charge in [0.2, 0.25) is 0 Å². The Bertz CT molecular complexity index is 671. The van der Waals surface area contributed by atoms with Gasteiger partial charge < -0.3 is 25.2 Å². The van der Waals surface area contributed by atoms with Gasteiger partial charge in [-0.05, 0) is 39.1 Å². The number of rotatable bonds is 5. The van der Waals surface area contributed by atoms with E-state index < -0.39 is 17.7 Å². The van der Waals surface area contributed by atoms with Gasteiger partial charge in [0, 0.05) is 38.3 Å². The van der Waals surface area contributed by atoms with Crippen LogP contribution >= 0.6 is 0 Å². The second kappa shape index (κ2) is 10.2. The molecule has 0 spiro atoms. The molecule has 7 nitrogen and oxygen atoms in total. The van der Waals surface area contributed by atoms with E-state index in [4.69, 9.17) is 4.74 Å². The normalized spacial score (nSPS) is 16.8. The summed E-state index contributed by atoms with van der Waals surface area (Å²) < 4.78 is 33.1. The SMILES string of the molecule is CN=C(NCC(c1c(F)cccc1F)N(C)C)NC1CCN(C(=O)OC)CC1. The molecule has 1 aromatic rings. The second-order valence-corrected chi connectivity index (χ2v) is 6.94. The molecule has 28 heavy (non-hydrogen) atoms. The lowest BCUT2D eigenvalue weighted by atomic mass is 10.0. The fourth-order valence-electron chi connectivity index (χ4n) is 3.29. The molecular formula is C19H29F2N5O2. The number of benzene rings is 1. The van der Waals surface area contributed by atoms with Crippen molar-refractivity contribution in [1.29, 1.82) is 0 Å². The van der Waals surface area contributed by atoms with Crippen LogP contribution in [0.25, 0.3) is 0 Å². The molecule has 0 bridgehead atoms. The molecule has 1 aromatic carbocycles. The standard InChI is InChI=1S/C19H29F2N5O2/c1-22-18(24-13-8-10-26(11-9-13)19(27)28-4)23-12-16(25(2)3)17-14(20)6-5-7-15(17)21/h5-7,13,16H,8-12H2,1-4H3,(H2,22,23,24). The third-order valence-electron chi connectivity index (χ3n) is 4.91. The number of halogens is 2. The van der Waals surface area contributed by atoms with Crippen molar-refractivity contribution in [2.75, 3.05) is 47.9 Å². The van der Waals surface area contributed by atoms with Crippen LogP contribution in [0, 0.1) is 11.6 Å². The molecule has 9 heteroatoms. The number of piperidine rings is 1. The Hall–Kier alpha value is -2.42. The molecule has 156 valence electrons. The molecule has 2 rings (SSSR count). The predicted octanol–water partition coefficient (Wildman–Crippen LogP) is 1.96. The number of hydrogen-bond donors (Lipinski definition) is 2. The Morgan fingerprint density at radius 1 is 1.32 bits per heavy atom. The summed E-state index contributed by atoms with van der Waals surface area (Å²) in [6, 6.07) is 3.53. The van der Waals surface area contributed by atoms with Crippen LogP contribution < -0.4 is 10.6 Å². The van der Waals surface area contributed by atoms with Crippen molar-refractivity contribution in [3.8, 4) is 0 Å². The van der Waals surface area contributed by atoms with E-state index in [0.717, 1.165) is 12.8 Å². The minimum absolute atomic E-state index is 0.0295.